The Bertz CT molecular complexity index is 304. The van der Waals surface area contributed by atoms with E-state index in [1.165, 1.54) is 18.4 Å². The second kappa shape index (κ2) is 6.77. The molecule has 0 saturated carbocycles. The second-order valence-electron chi connectivity index (χ2n) is 4.96. The van der Waals surface area contributed by atoms with Crippen molar-refractivity contribution >= 4 is 0 Å². The molecule has 1 fully saturated rings. The van der Waals surface area contributed by atoms with Gasteiger partial charge in [-0.05, 0) is 30.7 Å². The molecule has 1 heterocycles. The quantitative estimate of drug-likeness (QED) is 0.863. The van der Waals surface area contributed by atoms with E-state index in [-0.39, 0.29) is 0 Å². The minimum atomic E-state index is 0.584. The van der Waals surface area contributed by atoms with Crippen molar-refractivity contribution in [3.05, 3.63) is 35.9 Å². The van der Waals surface area contributed by atoms with Crippen molar-refractivity contribution in [1.82, 2.24) is 5.32 Å². The normalized spacial score (nSPS) is 23.0. The maximum atomic E-state index is 5.48. The first-order valence-electron chi connectivity index (χ1n) is 6.72. The molecule has 2 atom stereocenters. The third-order valence-corrected chi connectivity index (χ3v) is 3.53. The van der Waals surface area contributed by atoms with Crippen molar-refractivity contribution in [2.24, 2.45) is 0 Å². The van der Waals surface area contributed by atoms with Crippen LogP contribution < -0.4 is 5.32 Å². The summed E-state index contributed by atoms with van der Waals surface area (Å²) in [6.07, 6.45) is 3.60. The van der Waals surface area contributed by atoms with Gasteiger partial charge in [-0.15, -0.1) is 0 Å². The highest BCUT2D eigenvalue weighted by molar-refractivity contribution is 5.18. The lowest BCUT2D eigenvalue weighted by Crippen LogP contribution is -2.32. The summed E-state index contributed by atoms with van der Waals surface area (Å²) in [5.74, 6) is 0.584. The van der Waals surface area contributed by atoms with E-state index in [9.17, 15) is 0 Å². The Morgan fingerprint density at radius 3 is 2.88 bits per heavy atom. The van der Waals surface area contributed by atoms with Gasteiger partial charge in [-0.1, -0.05) is 37.3 Å². The van der Waals surface area contributed by atoms with Crippen LogP contribution in [-0.2, 0) is 4.74 Å². The minimum Gasteiger partial charge on any atom is -0.381 e. The molecule has 0 spiro atoms. The van der Waals surface area contributed by atoms with Crippen LogP contribution in [0.15, 0.2) is 30.3 Å². The number of hydrogen-bond donors (Lipinski definition) is 1. The first kappa shape index (κ1) is 12.6. The Morgan fingerprint density at radius 1 is 1.24 bits per heavy atom. The van der Waals surface area contributed by atoms with Gasteiger partial charge >= 0.3 is 0 Å². The molecule has 94 valence electrons. The van der Waals surface area contributed by atoms with Gasteiger partial charge in [-0.3, -0.25) is 0 Å². The molecular formula is C15H23NO. The van der Waals surface area contributed by atoms with Crippen molar-refractivity contribution in [3.63, 3.8) is 0 Å². The summed E-state index contributed by atoms with van der Waals surface area (Å²) < 4.78 is 5.48. The van der Waals surface area contributed by atoms with Crippen LogP contribution in [0.3, 0.4) is 0 Å². The van der Waals surface area contributed by atoms with Crippen LogP contribution in [0, 0.1) is 0 Å². The molecule has 0 radical (unpaired) electrons. The highest BCUT2D eigenvalue weighted by Gasteiger charge is 2.13. The third-order valence-electron chi connectivity index (χ3n) is 3.53. The fraction of sp³-hybridized carbons (Fsp3) is 0.600. The van der Waals surface area contributed by atoms with E-state index in [0.717, 1.165) is 26.2 Å². The van der Waals surface area contributed by atoms with Crippen molar-refractivity contribution in [1.29, 1.82) is 0 Å². The van der Waals surface area contributed by atoms with Crippen molar-refractivity contribution in [2.75, 3.05) is 19.8 Å². The molecule has 0 amide bonds. The molecule has 2 heteroatoms. The van der Waals surface area contributed by atoms with E-state index < -0.39 is 0 Å². The Hall–Kier alpha value is -0.860. The van der Waals surface area contributed by atoms with Gasteiger partial charge in [0, 0.05) is 25.8 Å². The average molecular weight is 233 g/mol. The van der Waals surface area contributed by atoms with E-state index >= 15 is 0 Å². The summed E-state index contributed by atoms with van der Waals surface area (Å²) in [7, 11) is 0. The SMILES string of the molecule is CC(CNC1CCCOCC1)c1ccccc1. The third kappa shape index (κ3) is 4.14. The summed E-state index contributed by atoms with van der Waals surface area (Å²) >= 11 is 0. The minimum absolute atomic E-state index is 0.584. The monoisotopic (exact) mass is 233 g/mol. The first-order chi connectivity index (χ1) is 8.36. The molecular weight excluding hydrogens is 210 g/mol. The van der Waals surface area contributed by atoms with Gasteiger partial charge in [0.05, 0.1) is 0 Å². The first-order valence-corrected chi connectivity index (χ1v) is 6.72. The van der Waals surface area contributed by atoms with Gasteiger partial charge in [0.1, 0.15) is 0 Å². The molecule has 1 saturated heterocycles. The van der Waals surface area contributed by atoms with Crippen molar-refractivity contribution in [2.45, 2.75) is 38.1 Å². The molecule has 0 aromatic heterocycles. The van der Waals surface area contributed by atoms with Crippen LogP contribution in [0.5, 0.6) is 0 Å². The second-order valence-corrected chi connectivity index (χ2v) is 4.96. The van der Waals surface area contributed by atoms with Crippen LogP contribution in [0.4, 0.5) is 0 Å². The van der Waals surface area contributed by atoms with Crippen LogP contribution in [-0.4, -0.2) is 25.8 Å². The number of hydrogen-bond acceptors (Lipinski definition) is 2. The predicted octanol–water partition coefficient (Wildman–Crippen LogP) is 2.95. The molecule has 0 bridgehead atoms. The van der Waals surface area contributed by atoms with E-state index in [0.29, 0.717) is 12.0 Å². The van der Waals surface area contributed by atoms with Crippen LogP contribution in [0.1, 0.15) is 37.7 Å². The van der Waals surface area contributed by atoms with Crippen LogP contribution in [0.25, 0.3) is 0 Å². The number of rotatable bonds is 4. The Morgan fingerprint density at radius 2 is 2.06 bits per heavy atom. The lowest BCUT2D eigenvalue weighted by Gasteiger charge is -2.19. The summed E-state index contributed by atoms with van der Waals surface area (Å²) in [6, 6.07) is 11.4. The Balaban J connectivity index is 1.77. The molecule has 0 aliphatic carbocycles. The summed E-state index contributed by atoms with van der Waals surface area (Å²) in [6.45, 7) is 5.20. The largest absolute Gasteiger partial charge is 0.381 e. The van der Waals surface area contributed by atoms with Gasteiger partial charge in [-0.2, -0.15) is 0 Å². The molecule has 2 unspecified atom stereocenters. The summed E-state index contributed by atoms with van der Waals surface area (Å²) in [5, 5.41) is 3.68. The maximum absolute atomic E-state index is 5.48. The Kier molecular flexibility index (Phi) is 5.02. The molecule has 2 nitrogen and oxygen atoms in total. The van der Waals surface area contributed by atoms with E-state index in [2.05, 4.69) is 42.6 Å². The highest BCUT2D eigenvalue weighted by Crippen LogP contribution is 2.15. The van der Waals surface area contributed by atoms with Gasteiger partial charge in [0.25, 0.3) is 0 Å². The van der Waals surface area contributed by atoms with E-state index in [4.69, 9.17) is 4.74 Å². The number of nitrogens with one attached hydrogen (secondary N) is 1. The van der Waals surface area contributed by atoms with Crippen molar-refractivity contribution in [3.8, 4) is 0 Å². The van der Waals surface area contributed by atoms with Crippen LogP contribution >= 0.6 is 0 Å². The smallest absolute Gasteiger partial charge is 0.0480 e. The summed E-state index contributed by atoms with van der Waals surface area (Å²) in [4.78, 5) is 0. The highest BCUT2D eigenvalue weighted by atomic mass is 16.5. The maximum Gasteiger partial charge on any atom is 0.0480 e. The lowest BCUT2D eigenvalue weighted by atomic mass is 10.0. The zero-order valence-corrected chi connectivity index (χ0v) is 10.7. The van der Waals surface area contributed by atoms with Crippen molar-refractivity contribution < 1.29 is 4.74 Å². The van der Waals surface area contributed by atoms with E-state index in [1.807, 2.05) is 0 Å². The van der Waals surface area contributed by atoms with Gasteiger partial charge < -0.3 is 10.1 Å². The Labute approximate surface area is 104 Å². The zero-order chi connectivity index (χ0) is 11.9. The number of ether oxygens (including phenoxy) is 1. The topological polar surface area (TPSA) is 21.3 Å². The molecule has 1 aliphatic heterocycles. The molecule has 17 heavy (non-hydrogen) atoms. The van der Waals surface area contributed by atoms with Crippen LogP contribution in [0.2, 0.25) is 0 Å². The lowest BCUT2D eigenvalue weighted by molar-refractivity contribution is 0.142. The van der Waals surface area contributed by atoms with Gasteiger partial charge in [-0.25, -0.2) is 0 Å². The number of benzene rings is 1. The average Bonchev–Trinajstić information content (AvgIpc) is 2.65. The molecule has 1 aliphatic rings. The van der Waals surface area contributed by atoms with E-state index in [1.54, 1.807) is 0 Å². The molecule has 1 aromatic carbocycles. The predicted molar refractivity (Wildman–Crippen MR) is 71.3 cm³/mol. The molecule has 1 N–H and O–H groups in total. The zero-order valence-electron chi connectivity index (χ0n) is 10.7. The fourth-order valence-electron chi connectivity index (χ4n) is 2.35. The summed E-state index contributed by atoms with van der Waals surface area (Å²) in [5.41, 5.74) is 1.42. The van der Waals surface area contributed by atoms with Gasteiger partial charge in [0.2, 0.25) is 0 Å². The standard InChI is InChI=1S/C15H23NO/c1-13(14-6-3-2-4-7-14)12-16-15-8-5-10-17-11-9-15/h2-4,6-7,13,15-16H,5,8-12H2,1H3. The van der Waals surface area contributed by atoms with Gasteiger partial charge in [0.15, 0.2) is 0 Å². The fourth-order valence-corrected chi connectivity index (χ4v) is 2.35. The molecule has 1 aromatic rings. The molecule has 2 rings (SSSR count).